The average molecular weight is 450 g/mol. The van der Waals surface area contributed by atoms with Gasteiger partial charge in [-0.05, 0) is 44.7 Å². The van der Waals surface area contributed by atoms with E-state index < -0.39 is 0 Å². The van der Waals surface area contributed by atoms with Crippen molar-refractivity contribution in [3.8, 4) is 0 Å². The molecule has 0 saturated carbocycles. The molecule has 0 aliphatic rings. The summed E-state index contributed by atoms with van der Waals surface area (Å²) in [6.45, 7) is 8.07. The van der Waals surface area contributed by atoms with Crippen LogP contribution in [0.5, 0.6) is 0 Å². The smallest absolute Gasteiger partial charge is 0.0476 e. The molecule has 6 N–H and O–H groups in total. The van der Waals surface area contributed by atoms with Gasteiger partial charge in [-0.1, -0.05) is 89.0 Å². The van der Waals surface area contributed by atoms with Crippen LogP contribution in [0.25, 0.3) is 0 Å². The molecule has 1 aromatic rings. The van der Waals surface area contributed by atoms with Crippen LogP contribution in [-0.4, -0.2) is 35.1 Å². The van der Waals surface area contributed by atoms with E-state index in [1.807, 2.05) is 0 Å². The highest BCUT2D eigenvalue weighted by Crippen LogP contribution is 2.16. The van der Waals surface area contributed by atoms with E-state index in [0.29, 0.717) is 5.88 Å². The number of halogens is 1. The Balaban J connectivity index is -0.000000289. The molecule has 0 aliphatic carbocycles. The van der Waals surface area contributed by atoms with Crippen molar-refractivity contribution in [3.63, 3.8) is 0 Å². The molecule has 0 bridgehead atoms. The van der Waals surface area contributed by atoms with Crippen molar-refractivity contribution in [1.29, 1.82) is 0 Å². The van der Waals surface area contributed by atoms with E-state index >= 15 is 0 Å². The Labute approximate surface area is 192 Å². The van der Waals surface area contributed by atoms with E-state index in [9.17, 15) is 0 Å². The number of unbranched alkanes of at least 4 members (excludes halogenated alkanes) is 9. The van der Waals surface area contributed by atoms with Gasteiger partial charge in [-0.25, -0.2) is 0 Å². The molecule has 0 aromatic heterocycles. The van der Waals surface area contributed by atoms with E-state index in [2.05, 4.69) is 31.2 Å². The maximum atomic E-state index is 7.57. The monoisotopic (exact) mass is 449 g/mol. The topological polar surface area (TPSA) is 95.7 Å². The molecule has 0 aliphatic heterocycles. The van der Waals surface area contributed by atoms with Gasteiger partial charge in [0.15, 0.2) is 0 Å². The van der Waals surface area contributed by atoms with Gasteiger partial charge in [0, 0.05) is 25.7 Å². The predicted octanol–water partition coefficient (Wildman–Crippen LogP) is 7.05. The molecule has 0 spiro atoms. The second-order valence-electron chi connectivity index (χ2n) is 6.78. The summed E-state index contributed by atoms with van der Waals surface area (Å²) in [5.41, 5.74) is 2.76. The Morgan fingerprint density at radius 1 is 0.600 bits per heavy atom. The van der Waals surface area contributed by atoms with Crippen LogP contribution < -0.4 is 6.15 Å². The van der Waals surface area contributed by atoms with Gasteiger partial charge in [-0.2, -0.15) is 0 Å². The molecule has 0 radical (unpaired) electrons. The number of aryl methyl sites for hydroxylation is 1. The second kappa shape index (κ2) is 35.8. The summed E-state index contributed by atoms with van der Waals surface area (Å²) in [6.07, 6.45) is 15.2. The van der Waals surface area contributed by atoms with E-state index in [0.717, 1.165) is 0 Å². The van der Waals surface area contributed by atoms with Crippen molar-refractivity contribution in [2.45, 2.75) is 104 Å². The SMILES string of the molecule is CCCCCCCCCCCCc1ccccc1CCl.CCO.CCO.CCO.N. The summed E-state index contributed by atoms with van der Waals surface area (Å²) in [7, 11) is 0. The number of benzene rings is 1. The summed E-state index contributed by atoms with van der Waals surface area (Å²) in [6, 6.07) is 8.59. The van der Waals surface area contributed by atoms with Crippen LogP contribution in [0.4, 0.5) is 0 Å². The number of aliphatic hydroxyl groups is 3. The number of alkyl halides is 1. The lowest BCUT2D eigenvalue weighted by Gasteiger charge is -2.06. The lowest BCUT2D eigenvalue weighted by Crippen LogP contribution is -1.92. The van der Waals surface area contributed by atoms with Crippen molar-refractivity contribution in [2.24, 2.45) is 0 Å². The number of hydrogen-bond acceptors (Lipinski definition) is 4. The molecular formula is C25H52ClNO3. The first-order chi connectivity index (χ1) is 14.1. The van der Waals surface area contributed by atoms with Gasteiger partial charge in [0.25, 0.3) is 0 Å². The zero-order chi connectivity index (χ0) is 22.6. The van der Waals surface area contributed by atoms with Gasteiger partial charge in [0.05, 0.1) is 0 Å². The van der Waals surface area contributed by atoms with Gasteiger partial charge < -0.3 is 21.5 Å². The van der Waals surface area contributed by atoms with Crippen LogP contribution in [0.1, 0.15) is 103 Å². The molecule has 0 amide bonds. The molecule has 1 aromatic carbocycles. The molecule has 4 nitrogen and oxygen atoms in total. The van der Waals surface area contributed by atoms with Crippen LogP contribution in [0.15, 0.2) is 24.3 Å². The summed E-state index contributed by atoms with van der Waals surface area (Å²) >= 11 is 5.97. The fraction of sp³-hybridized carbons (Fsp3) is 0.760. The van der Waals surface area contributed by atoms with Crippen molar-refractivity contribution in [1.82, 2.24) is 6.15 Å². The van der Waals surface area contributed by atoms with Crippen LogP contribution in [0.2, 0.25) is 0 Å². The van der Waals surface area contributed by atoms with Crippen molar-refractivity contribution in [2.75, 3.05) is 19.8 Å². The highest BCUT2D eigenvalue weighted by Gasteiger charge is 2.00. The van der Waals surface area contributed by atoms with Crippen molar-refractivity contribution in [3.05, 3.63) is 35.4 Å². The lowest BCUT2D eigenvalue weighted by atomic mass is 10.0. The lowest BCUT2D eigenvalue weighted by molar-refractivity contribution is 0.318. The average Bonchev–Trinajstić information content (AvgIpc) is 2.71. The van der Waals surface area contributed by atoms with Gasteiger partial charge in [-0.3, -0.25) is 0 Å². The Hall–Kier alpha value is -0.650. The van der Waals surface area contributed by atoms with Crippen molar-refractivity contribution >= 4 is 11.6 Å². The highest BCUT2D eigenvalue weighted by molar-refractivity contribution is 6.17. The quantitative estimate of drug-likeness (QED) is 0.203. The molecule has 30 heavy (non-hydrogen) atoms. The summed E-state index contributed by atoms with van der Waals surface area (Å²) < 4.78 is 0. The van der Waals surface area contributed by atoms with Crippen LogP contribution >= 0.6 is 11.6 Å². The third-order valence-electron chi connectivity index (χ3n) is 4.06. The third kappa shape index (κ3) is 32.0. The maximum Gasteiger partial charge on any atom is 0.0476 e. The zero-order valence-electron chi connectivity index (χ0n) is 20.3. The van der Waals surface area contributed by atoms with Crippen LogP contribution in [-0.2, 0) is 12.3 Å². The third-order valence-corrected chi connectivity index (χ3v) is 4.35. The first kappa shape index (κ1) is 36.7. The Morgan fingerprint density at radius 3 is 1.30 bits per heavy atom. The minimum absolute atomic E-state index is 0. The molecule has 1 rings (SSSR count). The molecule has 182 valence electrons. The minimum Gasteiger partial charge on any atom is -0.397 e. The standard InChI is InChI=1S/C19H31Cl.3C2H6O.H3N/c1-2-3-4-5-6-7-8-9-10-11-14-18-15-12-13-16-19(18)17-20;3*1-2-3;/h12-13,15-16H,2-11,14,17H2,1H3;3*3H,2H2,1H3;1H3. The first-order valence-electron chi connectivity index (χ1n) is 11.6. The second-order valence-corrected chi connectivity index (χ2v) is 7.05. The van der Waals surface area contributed by atoms with E-state index in [1.165, 1.54) is 81.8 Å². The zero-order valence-corrected chi connectivity index (χ0v) is 21.1. The molecule has 0 atom stereocenters. The van der Waals surface area contributed by atoms with E-state index in [4.69, 9.17) is 26.9 Å². The predicted molar refractivity (Wildman–Crippen MR) is 135 cm³/mol. The van der Waals surface area contributed by atoms with Gasteiger partial charge in [-0.15, -0.1) is 11.6 Å². The Morgan fingerprint density at radius 2 is 0.933 bits per heavy atom. The van der Waals surface area contributed by atoms with Gasteiger partial charge >= 0.3 is 0 Å². The number of rotatable bonds is 12. The van der Waals surface area contributed by atoms with Gasteiger partial charge in [0.2, 0.25) is 0 Å². The summed E-state index contributed by atoms with van der Waals surface area (Å²) in [5, 5.41) is 22.7. The Kier molecular flexibility index (Phi) is 43.8. The van der Waals surface area contributed by atoms with Crippen molar-refractivity contribution < 1.29 is 15.3 Å². The minimum atomic E-state index is 0. The molecule has 0 unspecified atom stereocenters. The summed E-state index contributed by atoms with van der Waals surface area (Å²) in [4.78, 5) is 0. The molecule has 0 fully saturated rings. The van der Waals surface area contributed by atoms with E-state index in [-0.39, 0.29) is 26.0 Å². The molecule has 0 heterocycles. The molecule has 0 saturated heterocycles. The molecule has 5 heteroatoms. The maximum absolute atomic E-state index is 7.57. The largest absolute Gasteiger partial charge is 0.397 e. The van der Waals surface area contributed by atoms with Gasteiger partial charge in [0.1, 0.15) is 0 Å². The van der Waals surface area contributed by atoms with Crippen LogP contribution in [0, 0.1) is 0 Å². The Bertz CT molecular complexity index is 388. The fourth-order valence-electron chi connectivity index (χ4n) is 2.73. The normalized spacial score (nSPS) is 9.07. The number of aliphatic hydroxyl groups excluding tert-OH is 3. The van der Waals surface area contributed by atoms with Crippen LogP contribution in [0.3, 0.4) is 0 Å². The fourth-order valence-corrected chi connectivity index (χ4v) is 3.00. The molecular weight excluding hydrogens is 398 g/mol. The van der Waals surface area contributed by atoms with E-state index in [1.54, 1.807) is 20.8 Å². The first-order valence-corrected chi connectivity index (χ1v) is 12.1. The summed E-state index contributed by atoms with van der Waals surface area (Å²) in [5.74, 6) is 0.647. The highest BCUT2D eigenvalue weighted by atomic mass is 35.5. The number of hydrogen-bond donors (Lipinski definition) is 4.